The molecule has 0 spiro atoms. The number of aryl methyl sites for hydroxylation is 2. The molecule has 0 aliphatic heterocycles. The van der Waals surface area contributed by atoms with E-state index in [0.29, 0.717) is 11.3 Å². The smallest absolute Gasteiger partial charge is 0.280 e. The zero-order chi connectivity index (χ0) is 27.7. The minimum atomic E-state index is -2.77. The number of amides is 1. The summed E-state index contributed by atoms with van der Waals surface area (Å²) in [5.41, 5.74) is 4.14. The lowest BCUT2D eigenvalue weighted by Crippen LogP contribution is -2.34. The van der Waals surface area contributed by atoms with E-state index in [9.17, 15) is 22.4 Å². The molecule has 12 heteroatoms. The second-order valence-corrected chi connectivity index (χ2v) is 9.88. The predicted molar refractivity (Wildman–Crippen MR) is 136 cm³/mol. The largest absolute Gasteiger partial charge is 0.325 e. The SMILES string of the molecule is Cc1n[nH]c(C)c1-c1ccc(NC(=O)C(c2nnc(-c3ccnc(C(F)F)c3)[nH]2)C2CCC(F)(F)CC2)cc1. The van der Waals surface area contributed by atoms with E-state index in [1.807, 2.05) is 26.0 Å². The molecule has 39 heavy (non-hydrogen) atoms. The number of hydrogen-bond acceptors (Lipinski definition) is 5. The Morgan fingerprint density at radius 1 is 1.05 bits per heavy atom. The van der Waals surface area contributed by atoms with Crippen LogP contribution in [0.3, 0.4) is 0 Å². The van der Waals surface area contributed by atoms with Gasteiger partial charge in [-0.1, -0.05) is 12.1 Å². The normalized spacial score (nSPS) is 16.4. The number of nitrogens with zero attached hydrogens (tertiary/aromatic N) is 4. The molecule has 1 aromatic carbocycles. The molecule has 4 aromatic rings. The van der Waals surface area contributed by atoms with Crippen molar-refractivity contribution in [1.29, 1.82) is 0 Å². The van der Waals surface area contributed by atoms with E-state index in [4.69, 9.17) is 0 Å². The maximum absolute atomic E-state index is 13.9. The quantitative estimate of drug-likeness (QED) is 0.236. The Balaban J connectivity index is 1.41. The number of alkyl halides is 4. The predicted octanol–water partition coefficient (Wildman–Crippen LogP) is 6.36. The molecule has 5 rings (SSSR count). The number of hydrogen-bond donors (Lipinski definition) is 3. The highest BCUT2D eigenvalue weighted by atomic mass is 19.3. The molecule has 0 saturated heterocycles. The zero-order valence-corrected chi connectivity index (χ0v) is 21.3. The van der Waals surface area contributed by atoms with Crippen LogP contribution in [0.5, 0.6) is 0 Å². The molecule has 1 saturated carbocycles. The van der Waals surface area contributed by atoms with Gasteiger partial charge in [0, 0.05) is 41.5 Å². The molecular weight excluding hydrogens is 514 g/mol. The number of rotatable bonds is 7. The molecule has 1 amide bonds. The Kier molecular flexibility index (Phi) is 7.19. The number of benzene rings is 1. The van der Waals surface area contributed by atoms with Gasteiger partial charge in [-0.15, -0.1) is 10.2 Å². The molecule has 0 bridgehead atoms. The van der Waals surface area contributed by atoms with Crippen molar-refractivity contribution in [2.24, 2.45) is 5.92 Å². The first-order chi connectivity index (χ1) is 18.6. The van der Waals surface area contributed by atoms with Crippen LogP contribution in [0.25, 0.3) is 22.5 Å². The number of nitrogens with one attached hydrogen (secondary N) is 3. The lowest BCUT2D eigenvalue weighted by atomic mass is 9.77. The monoisotopic (exact) mass is 541 g/mol. The number of carbonyl (C=O) groups excluding carboxylic acids is 1. The minimum Gasteiger partial charge on any atom is -0.325 e. The summed E-state index contributed by atoms with van der Waals surface area (Å²) < 4.78 is 54.1. The van der Waals surface area contributed by atoms with Gasteiger partial charge in [-0.25, -0.2) is 17.6 Å². The number of aromatic amines is 2. The third-order valence-corrected chi connectivity index (χ3v) is 7.16. The van der Waals surface area contributed by atoms with Crippen molar-refractivity contribution in [3.8, 4) is 22.5 Å². The summed E-state index contributed by atoms with van der Waals surface area (Å²) in [6.07, 6.45) is -1.93. The molecule has 1 aliphatic carbocycles. The van der Waals surface area contributed by atoms with E-state index < -0.39 is 35.8 Å². The Hall–Kier alpha value is -4.09. The van der Waals surface area contributed by atoms with Crippen LogP contribution in [0.15, 0.2) is 42.6 Å². The maximum Gasteiger partial charge on any atom is 0.280 e. The number of H-pyrrole nitrogens is 2. The summed E-state index contributed by atoms with van der Waals surface area (Å²) in [6.45, 7) is 3.83. The summed E-state index contributed by atoms with van der Waals surface area (Å²) in [7, 11) is 0. The molecule has 1 fully saturated rings. The molecule has 204 valence electrons. The van der Waals surface area contributed by atoms with Gasteiger partial charge in [-0.2, -0.15) is 5.10 Å². The highest BCUT2D eigenvalue weighted by molar-refractivity contribution is 5.96. The van der Waals surface area contributed by atoms with Gasteiger partial charge >= 0.3 is 0 Å². The first-order valence-electron chi connectivity index (χ1n) is 12.6. The van der Waals surface area contributed by atoms with Crippen molar-refractivity contribution in [2.45, 2.75) is 57.8 Å². The molecule has 1 aliphatic rings. The lowest BCUT2D eigenvalue weighted by molar-refractivity contribution is -0.120. The van der Waals surface area contributed by atoms with Crippen molar-refractivity contribution in [1.82, 2.24) is 30.4 Å². The van der Waals surface area contributed by atoms with Gasteiger partial charge < -0.3 is 10.3 Å². The third kappa shape index (κ3) is 5.69. The van der Waals surface area contributed by atoms with Crippen molar-refractivity contribution in [3.63, 3.8) is 0 Å². The number of carbonyl (C=O) groups is 1. The Bertz CT molecular complexity index is 1440. The lowest BCUT2D eigenvalue weighted by Gasteiger charge is -2.32. The molecular formula is C27H27F4N7O. The van der Waals surface area contributed by atoms with Crippen LogP contribution in [0.1, 0.15) is 60.9 Å². The second-order valence-electron chi connectivity index (χ2n) is 9.88. The zero-order valence-electron chi connectivity index (χ0n) is 21.3. The van der Waals surface area contributed by atoms with Crippen molar-refractivity contribution >= 4 is 11.6 Å². The maximum atomic E-state index is 13.9. The van der Waals surface area contributed by atoms with Crippen LogP contribution in [-0.4, -0.2) is 42.2 Å². The Morgan fingerprint density at radius 3 is 2.41 bits per heavy atom. The minimum absolute atomic E-state index is 0.129. The van der Waals surface area contributed by atoms with Crippen LogP contribution in [0, 0.1) is 19.8 Å². The van der Waals surface area contributed by atoms with Gasteiger partial charge in [0.2, 0.25) is 11.8 Å². The van der Waals surface area contributed by atoms with Gasteiger partial charge in [-0.3, -0.25) is 14.9 Å². The van der Waals surface area contributed by atoms with Crippen LogP contribution in [-0.2, 0) is 4.79 Å². The van der Waals surface area contributed by atoms with Gasteiger partial charge in [0.15, 0.2) is 5.82 Å². The van der Waals surface area contributed by atoms with Crippen molar-refractivity contribution in [2.75, 3.05) is 5.32 Å². The highest BCUT2D eigenvalue weighted by Gasteiger charge is 2.41. The number of aromatic nitrogens is 6. The summed E-state index contributed by atoms with van der Waals surface area (Å²) in [5.74, 6) is -4.12. The van der Waals surface area contributed by atoms with E-state index in [0.717, 1.165) is 22.5 Å². The highest BCUT2D eigenvalue weighted by Crippen LogP contribution is 2.42. The fourth-order valence-electron chi connectivity index (χ4n) is 5.13. The molecule has 3 aromatic heterocycles. The van der Waals surface area contributed by atoms with E-state index >= 15 is 0 Å². The first kappa shape index (κ1) is 26.5. The molecule has 3 N–H and O–H groups in total. The van der Waals surface area contributed by atoms with Crippen LogP contribution in [0.2, 0.25) is 0 Å². The average molecular weight is 542 g/mol. The molecule has 1 unspecified atom stereocenters. The topological polar surface area (TPSA) is 112 Å². The van der Waals surface area contributed by atoms with Crippen molar-refractivity contribution < 1.29 is 22.4 Å². The van der Waals surface area contributed by atoms with E-state index in [-0.39, 0.29) is 37.3 Å². The van der Waals surface area contributed by atoms with Gasteiger partial charge in [0.25, 0.3) is 6.43 Å². The number of halogens is 4. The van der Waals surface area contributed by atoms with Gasteiger partial charge in [0.1, 0.15) is 17.4 Å². The van der Waals surface area contributed by atoms with Gasteiger partial charge in [-0.05, 0) is 62.4 Å². The first-order valence-corrected chi connectivity index (χ1v) is 12.6. The number of pyridine rings is 1. The van der Waals surface area contributed by atoms with Gasteiger partial charge in [0.05, 0.1) is 5.69 Å². The molecule has 1 atom stereocenters. The fraction of sp³-hybridized carbons (Fsp3) is 0.370. The summed E-state index contributed by atoms with van der Waals surface area (Å²) in [4.78, 5) is 20.2. The third-order valence-electron chi connectivity index (χ3n) is 7.16. The standard InChI is InChI=1S/C27H27F4N7O/c1-14-21(15(2)36-35-14)16-3-5-19(6-4-16)33-26(39)22(17-7-10-27(30,31)11-8-17)25-34-24(37-38-25)18-9-12-32-20(13-18)23(28)29/h3-6,9,12-13,17,22-23H,7-8,10-11H2,1-2H3,(H,33,39)(H,35,36)(H,34,37,38). The molecule has 3 heterocycles. The average Bonchev–Trinajstić information content (AvgIpc) is 3.52. The van der Waals surface area contributed by atoms with Crippen LogP contribution < -0.4 is 5.32 Å². The second kappa shape index (κ2) is 10.6. The molecule has 0 radical (unpaired) electrons. The van der Waals surface area contributed by atoms with E-state index in [1.165, 1.54) is 18.3 Å². The Labute approximate surface area is 221 Å². The Morgan fingerprint density at radius 2 is 1.77 bits per heavy atom. The van der Waals surface area contributed by atoms with E-state index in [1.54, 1.807) is 12.1 Å². The summed E-state index contributed by atoms with van der Waals surface area (Å²) in [6, 6.07) is 9.95. The van der Waals surface area contributed by atoms with Crippen LogP contribution >= 0.6 is 0 Å². The fourth-order valence-corrected chi connectivity index (χ4v) is 5.13. The number of anilines is 1. The van der Waals surface area contributed by atoms with E-state index in [2.05, 4.69) is 35.7 Å². The van der Waals surface area contributed by atoms with Crippen molar-refractivity contribution in [3.05, 3.63) is 65.5 Å². The van der Waals surface area contributed by atoms with Crippen LogP contribution in [0.4, 0.5) is 23.2 Å². The summed E-state index contributed by atoms with van der Waals surface area (Å²) >= 11 is 0. The molecule has 8 nitrogen and oxygen atoms in total. The summed E-state index contributed by atoms with van der Waals surface area (Å²) in [5, 5.41) is 18.2.